The van der Waals surface area contributed by atoms with Crippen LogP contribution in [0.4, 0.5) is 4.39 Å². The molecule has 0 aliphatic carbocycles. The van der Waals surface area contributed by atoms with Crippen LogP contribution in [0.3, 0.4) is 0 Å². The third kappa shape index (κ3) is 1.55. The van der Waals surface area contributed by atoms with Gasteiger partial charge in [0.25, 0.3) is 5.89 Å². The molecular weight excluding hydrogens is 251 g/mol. The Morgan fingerprint density at radius 3 is 2.86 bits per heavy atom. The van der Waals surface area contributed by atoms with Gasteiger partial charge in [0.2, 0.25) is 0 Å². The molecular formula is C9H6BrFN2O. The molecule has 0 saturated heterocycles. The van der Waals surface area contributed by atoms with E-state index in [0.29, 0.717) is 15.9 Å². The third-order valence-corrected chi connectivity index (χ3v) is 2.32. The summed E-state index contributed by atoms with van der Waals surface area (Å²) in [6, 6.07) is 4.91. The minimum atomic E-state index is -0.392. The van der Waals surface area contributed by atoms with E-state index in [2.05, 4.69) is 26.1 Å². The lowest BCUT2D eigenvalue weighted by Gasteiger charge is -1.98. The van der Waals surface area contributed by atoms with Crippen molar-refractivity contribution in [1.29, 1.82) is 0 Å². The molecule has 72 valence electrons. The molecule has 1 heterocycles. The summed E-state index contributed by atoms with van der Waals surface area (Å²) in [6.07, 6.45) is 0. The molecule has 2 aromatic rings. The second-order valence-corrected chi connectivity index (χ2v) is 3.60. The minimum Gasteiger partial charge on any atom is -0.334 e. The monoisotopic (exact) mass is 256 g/mol. The topological polar surface area (TPSA) is 38.9 Å². The van der Waals surface area contributed by atoms with Crippen LogP contribution in [0, 0.1) is 12.7 Å². The Morgan fingerprint density at radius 2 is 2.21 bits per heavy atom. The van der Waals surface area contributed by atoms with Crippen molar-refractivity contribution < 1.29 is 8.91 Å². The maximum atomic E-state index is 13.5. The van der Waals surface area contributed by atoms with Gasteiger partial charge < -0.3 is 4.52 Å². The molecule has 0 amide bonds. The Hall–Kier alpha value is -1.23. The molecule has 2 rings (SSSR count). The molecule has 0 radical (unpaired) electrons. The number of aryl methyl sites for hydroxylation is 1. The van der Waals surface area contributed by atoms with Crippen molar-refractivity contribution in [3.63, 3.8) is 0 Å². The Labute approximate surface area is 88.1 Å². The highest BCUT2D eigenvalue weighted by Crippen LogP contribution is 2.26. The highest BCUT2D eigenvalue weighted by Gasteiger charge is 2.13. The highest BCUT2D eigenvalue weighted by atomic mass is 79.9. The lowest BCUT2D eigenvalue weighted by molar-refractivity contribution is 0.423. The van der Waals surface area contributed by atoms with Crippen molar-refractivity contribution in [3.05, 3.63) is 34.3 Å². The van der Waals surface area contributed by atoms with Crippen molar-refractivity contribution >= 4 is 15.9 Å². The average molecular weight is 257 g/mol. The first-order valence-electron chi connectivity index (χ1n) is 3.93. The summed E-state index contributed by atoms with van der Waals surface area (Å²) in [6.45, 7) is 1.68. The molecule has 1 aromatic heterocycles. The molecule has 3 nitrogen and oxygen atoms in total. The molecule has 0 aliphatic heterocycles. The van der Waals surface area contributed by atoms with Crippen LogP contribution < -0.4 is 0 Å². The van der Waals surface area contributed by atoms with Crippen LogP contribution in [0.25, 0.3) is 11.5 Å². The average Bonchev–Trinajstić information content (AvgIpc) is 2.57. The molecule has 0 fully saturated rings. The Morgan fingerprint density at radius 1 is 1.43 bits per heavy atom. The van der Waals surface area contributed by atoms with Gasteiger partial charge in [-0.1, -0.05) is 11.2 Å². The smallest absolute Gasteiger partial charge is 0.260 e. The van der Waals surface area contributed by atoms with E-state index in [1.807, 2.05) is 0 Å². The number of halogens is 2. The van der Waals surface area contributed by atoms with Crippen LogP contribution in [0.2, 0.25) is 0 Å². The normalized spacial score (nSPS) is 10.5. The maximum absolute atomic E-state index is 13.5. The van der Waals surface area contributed by atoms with Crippen LogP contribution in [0.5, 0.6) is 0 Å². The van der Waals surface area contributed by atoms with E-state index < -0.39 is 5.82 Å². The number of hydrogen-bond donors (Lipinski definition) is 0. The van der Waals surface area contributed by atoms with E-state index in [4.69, 9.17) is 4.52 Å². The summed E-state index contributed by atoms with van der Waals surface area (Å²) in [7, 11) is 0. The van der Waals surface area contributed by atoms with Crippen molar-refractivity contribution in [2.24, 2.45) is 0 Å². The Bertz CT molecular complexity index is 470. The van der Waals surface area contributed by atoms with E-state index in [1.165, 1.54) is 0 Å². The SMILES string of the molecule is Cc1noc(-c2cccc(Br)c2F)n1. The highest BCUT2D eigenvalue weighted by molar-refractivity contribution is 9.10. The molecule has 5 heteroatoms. The zero-order valence-electron chi connectivity index (χ0n) is 7.29. The first-order chi connectivity index (χ1) is 6.68. The third-order valence-electron chi connectivity index (χ3n) is 1.71. The van der Waals surface area contributed by atoms with E-state index in [9.17, 15) is 4.39 Å². The molecule has 1 aromatic carbocycles. The zero-order valence-corrected chi connectivity index (χ0v) is 8.88. The van der Waals surface area contributed by atoms with E-state index in [-0.39, 0.29) is 5.89 Å². The predicted octanol–water partition coefficient (Wildman–Crippen LogP) is 2.95. The van der Waals surface area contributed by atoms with Crippen LogP contribution in [-0.2, 0) is 0 Å². The Balaban J connectivity index is 2.57. The van der Waals surface area contributed by atoms with E-state index in [0.717, 1.165) is 0 Å². The molecule has 0 bridgehead atoms. The van der Waals surface area contributed by atoms with Crippen LogP contribution in [-0.4, -0.2) is 10.1 Å². The van der Waals surface area contributed by atoms with Crippen LogP contribution in [0.1, 0.15) is 5.82 Å². The molecule has 0 atom stereocenters. The number of nitrogens with zero attached hydrogens (tertiary/aromatic N) is 2. The summed E-state index contributed by atoms with van der Waals surface area (Å²) in [5, 5.41) is 3.60. The van der Waals surface area contributed by atoms with Gasteiger partial charge in [-0.25, -0.2) is 4.39 Å². The number of aromatic nitrogens is 2. The standard InChI is InChI=1S/C9H6BrFN2O/c1-5-12-9(14-13-5)6-3-2-4-7(10)8(6)11/h2-4H,1H3. The molecule has 0 saturated carbocycles. The largest absolute Gasteiger partial charge is 0.334 e. The summed E-state index contributed by atoms with van der Waals surface area (Å²) < 4.78 is 18.8. The predicted molar refractivity (Wildman–Crippen MR) is 52.1 cm³/mol. The number of benzene rings is 1. The molecule has 0 aliphatic rings. The second kappa shape index (κ2) is 3.49. The van der Waals surface area contributed by atoms with Crippen LogP contribution >= 0.6 is 15.9 Å². The Kier molecular flexibility index (Phi) is 2.33. The van der Waals surface area contributed by atoms with Gasteiger partial charge in [0, 0.05) is 0 Å². The first-order valence-corrected chi connectivity index (χ1v) is 4.72. The van der Waals surface area contributed by atoms with Crippen molar-refractivity contribution in [2.45, 2.75) is 6.92 Å². The molecule has 14 heavy (non-hydrogen) atoms. The summed E-state index contributed by atoms with van der Waals surface area (Å²) >= 11 is 3.09. The van der Waals surface area contributed by atoms with Crippen LogP contribution in [0.15, 0.2) is 27.2 Å². The molecule has 0 unspecified atom stereocenters. The summed E-state index contributed by atoms with van der Waals surface area (Å²) in [4.78, 5) is 3.94. The van der Waals surface area contributed by atoms with Gasteiger partial charge in [-0.3, -0.25) is 0 Å². The van der Waals surface area contributed by atoms with Gasteiger partial charge in [0.05, 0.1) is 10.0 Å². The van der Waals surface area contributed by atoms with E-state index >= 15 is 0 Å². The number of rotatable bonds is 1. The van der Waals surface area contributed by atoms with Gasteiger partial charge in [-0.2, -0.15) is 4.98 Å². The maximum Gasteiger partial charge on any atom is 0.260 e. The first kappa shape index (κ1) is 9.33. The minimum absolute atomic E-state index is 0.196. The fraction of sp³-hybridized carbons (Fsp3) is 0.111. The van der Waals surface area contributed by atoms with Gasteiger partial charge in [0.15, 0.2) is 5.82 Å². The van der Waals surface area contributed by atoms with E-state index in [1.54, 1.807) is 25.1 Å². The zero-order chi connectivity index (χ0) is 10.1. The fourth-order valence-corrected chi connectivity index (χ4v) is 1.44. The van der Waals surface area contributed by atoms with Gasteiger partial charge >= 0.3 is 0 Å². The van der Waals surface area contributed by atoms with Gasteiger partial charge in [-0.05, 0) is 35.0 Å². The second-order valence-electron chi connectivity index (χ2n) is 2.75. The lowest BCUT2D eigenvalue weighted by Crippen LogP contribution is -1.85. The van der Waals surface area contributed by atoms with Gasteiger partial charge in [-0.15, -0.1) is 0 Å². The fourth-order valence-electron chi connectivity index (χ4n) is 1.08. The number of hydrogen-bond acceptors (Lipinski definition) is 3. The summed E-state index contributed by atoms with van der Waals surface area (Å²) in [5.74, 6) is 0.289. The molecule has 0 spiro atoms. The quantitative estimate of drug-likeness (QED) is 0.788. The van der Waals surface area contributed by atoms with Gasteiger partial charge in [0.1, 0.15) is 5.82 Å². The van der Waals surface area contributed by atoms with Crippen molar-refractivity contribution in [2.75, 3.05) is 0 Å². The van der Waals surface area contributed by atoms with Crippen molar-refractivity contribution in [3.8, 4) is 11.5 Å². The van der Waals surface area contributed by atoms with Crippen molar-refractivity contribution in [1.82, 2.24) is 10.1 Å². The summed E-state index contributed by atoms with van der Waals surface area (Å²) in [5.41, 5.74) is 0.306. The lowest BCUT2D eigenvalue weighted by atomic mass is 10.2. The molecule has 0 N–H and O–H groups in total.